The summed E-state index contributed by atoms with van der Waals surface area (Å²) in [5.74, 6) is 0.866. The third-order valence-electron chi connectivity index (χ3n) is 2.26. The second-order valence-electron chi connectivity index (χ2n) is 3.46. The largest absolute Gasteiger partial charge is 0.497 e. The number of nitrogens with two attached hydrogens (primary N) is 1. The standard InChI is InChI=1S/C13H12INOS/c1-16-10-3-5-11(6-4-10)17-13-7-2-9(14)8-12(13)15/h2-8H,15H2,1H3. The van der Waals surface area contributed by atoms with Crippen LogP contribution in [0, 0.1) is 3.57 Å². The van der Waals surface area contributed by atoms with Crippen LogP contribution >= 0.6 is 34.4 Å². The summed E-state index contributed by atoms with van der Waals surface area (Å²) in [5.41, 5.74) is 6.79. The lowest BCUT2D eigenvalue weighted by atomic mass is 10.3. The quantitative estimate of drug-likeness (QED) is 0.665. The van der Waals surface area contributed by atoms with Crippen molar-refractivity contribution in [3.05, 3.63) is 46.0 Å². The maximum atomic E-state index is 5.97. The summed E-state index contributed by atoms with van der Waals surface area (Å²) in [6, 6.07) is 14.0. The molecular formula is C13H12INOS. The van der Waals surface area contributed by atoms with E-state index in [0.717, 1.165) is 24.8 Å². The van der Waals surface area contributed by atoms with Crippen LogP contribution < -0.4 is 10.5 Å². The highest BCUT2D eigenvalue weighted by Crippen LogP contribution is 2.33. The summed E-state index contributed by atoms with van der Waals surface area (Å²) in [6.07, 6.45) is 0. The number of halogens is 1. The van der Waals surface area contributed by atoms with Crippen molar-refractivity contribution in [2.45, 2.75) is 9.79 Å². The number of ether oxygens (including phenoxy) is 1. The minimum Gasteiger partial charge on any atom is -0.497 e. The van der Waals surface area contributed by atoms with Crippen LogP contribution in [0.15, 0.2) is 52.3 Å². The highest BCUT2D eigenvalue weighted by Gasteiger charge is 2.02. The van der Waals surface area contributed by atoms with Crippen LogP contribution in [0.25, 0.3) is 0 Å². The number of methoxy groups -OCH3 is 1. The average Bonchev–Trinajstić information content (AvgIpc) is 2.34. The molecule has 0 radical (unpaired) electrons. The third kappa shape index (κ3) is 3.29. The van der Waals surface area contributed by atoms with Crippen LogP contribution in [0.2, 0.25) is 0 Å². The first-order chi connectivity index (χ1) is 8.19. The molecule has 2 aromatic rings. The Bertz CT molecular complexity index is 513. The van der Waals surface area contributed by atoms with Crippen molar-refractivity contribution in [2.75, 3.05) is 12.8 Å². The molecule has 0 aliphatic carbocycles. The minimum absolute atomic E-state index is 0.817. The summed E-state index contributed by atoms with van der Waals surface area (Å²) in [4.78, 5) is 2.23. The molecule has 0 saturated carbocycles. The third-order valence-corrected chi connectivity index (χ3v) is 4.03. The molecule has 2 nitrogen and oxygen atoms in total. The number of nitrogen functional groups attached to an aromatic ring is 1. The average molecular weight is 357 g/mol. The van der Waals surface area contributed by atoms with Crippen molar-refractivity contribution in [3.63, 3.8) is 0 Å². The highest BCUT2D eigenvalue weighted by atomic mass is 127. The van der Waals surface area contributed by atoms with Gasteiger partial charge in [-0.3, -0.25) is 0 Å². The molecule has 0 spiro atoms. The second-order valence-corrected chi connectivity index (χ2v) is 5.82. The number of rotatable bonds is 3. The van der Waals surface area contributed by atoms with Gasteiger partial charge in [0, 0.05) is 19.0 Å². The molecule has 0 bridgehead atoms. The van der Waals surface area contributed by atoms with Gasteiger partial charge in [-0.1, -0.05) is 11.8 Å². The molecule has 2 N–H and O–H groups in total. The van der Waals surface area contributed by atoms with E-state index in [0.29, 0.717) is 0 Å². The van der Waals surface area contributed by atoms with Crippen molar-refractivity contribution in [3.8, 4) is 5.75 Å². The Morgan fingerprint density at radius 3 is 2.41 bits per heavy atom. The molecule has 88 valence electrons. The van der Waals surface area contributed by atoms with Crippen LogP contribution in [-0.2, 0) is 0 Å². The molecule has 2 aromatic carbocycles. The van der Waals surface area contributed by atoms with Gasteiger partial charge in [-0.05, 0) is 65.1 Å². The second kappa shape index (κ2) is 5.64. The van der Waals surface area contributed by atoms with E-state index in [1.54, 1.807) is 18.9 Å². The Hall–Kier alpha value is -0.880. The fourth-order valence-corrected chi connectivity index (χ4v) is 2.74. The molecule has 0 unspecified atom stereocenters. The maximum absolute atomic E-state index is 5.97. The normalized spacial score (nSPS) is 10.2. The van der Waals surface area contributed by atoms with Crippen LogP contribution in [0.4, 0.5) is 5.69 Å². The summed E-state index contributed by atoms with van der Waals surface area (Å²) in [6.45, 7) is 0. The van der Waals surface area contributed by atoms with Gasteiger partial charge in [0.15, 0.2) is 0 Å². The molecule has 0 fully saturated rings. The van der Waals surface area contributed by atoms with E-state index in [9.17, 15) is 0 Å². The van der Waals surface area contributed by atoms with E-state index in [1.807, 2.05) is 36.4 Å². The fourth-order valence-electron chi connectivity index (χ4n) is 1.38. The van der Waals surface area contributed by atoms with E-state index in [-0.39, 0.29) is 0 Å². The molecule has 0 aliphatic heterocycles. The summed E-state index contributed by atoms with van der Waals surface area (Å²) in [7, 11) is 1.67. The Morgan fingerprint density at radius 2 is 1.82 bits per heavy atom. The topological polar surface area (TPSA) is 35.2 Å². The molecule has 0 heterocycles. The van der Waals surface area contributed by atoms with Crippen molar-refractivity contribution < 1.29 is 4.74 Å². The maximum Gasteiger partial charge on any atom is 0.118 e. The summed E-state index contributed by atoms with van der Waals surface area (Å²) < 4.78 is 6.28. The molecule has 4 heteroatoms. The first-order valence-electron chi connectivity index (χ1n) is 5.06. The number of hydrogen-bond donors (Lipinski definition) is 1. The van der Waals surface area contributed by atoms with Gasteiger partial charge in [0.2, 0.25) is 0 Å². The minimum atomic E-state index is 0.817. The zero-order valence-electron chi connectivity index (χ0n) is 9.31. The van der Waals surface area contributed by atoms with Crippen molar-refractivity contribution >= 4 is 40.0 Å². The predicted molar refractivity (Wildman–Crippen MR) is 80.7 cm³/mol. The monoisotopic (exact) mass is 357 g/mol. The fraction of sp³-hybridized carbons (Fsp3) is 0.0769. The van der Waals surface area contributed by atoms with Crippen LogP contribution in [0.3, 0.4) is 0 Å². The zero-order chi connectivity index (χ0) is 12.3. The van der Waals surface area contributed by atoms with Gasteiger partial charge in [0.1, 0.15) is 5.75 Å². The molecule has 0 saturated heterocycles. The van der Waals surface area contributed by atoms with Gasteiger partial charge in [-0.15, -0.1) is 0 Å². The number of benzene rings is 2. The first-order valence-corrected chi connectivity index (χ1v) is 6.95. The van der Waals surface area contributed by atoms with E-state index < -0.39 is 0 Å². The first kappa shape index (κ1) is 12.6. The van der Waals surface area contributed by atoms with Crippen LogP contribution in [0.5, 0.6) is 5.75 Å². The smallest absolute Gasteiger partial charge is 0.118 e. The van der Waals surface area contributed by atoms with Crippen LogP contribution in [0.1, 0.15) is 0 Å². The zero-order valence-corrected chi connectivity index (χ0v) is 12.3. The lowest BCUT2D eigenvalue weighted by Gasteiger charge is -2.06. The highest BCUT2D eigenvalue weighted by molar-refractivity contribution is 14.1. The Kier molecular flexibility index (Phi) is 4.17. The Labute approximate surface area is 119 Å². The molecule has 0 atom stereocenters. The van der Waals surface area contributed by atoms with E-state index in [1.165, 1.54) is 0 Å². The summed E-state index contributed by atoms with van der Waals surface area (Å²) >= 11 is 3.91. The van der Waals surface area contributed by atoms with Gasteiger partial charge in [-0.2, -0.15) is 0 Å². The summed E-state index contributed by atoms with van der Waals surface area (Å²) in [5, 5.41) is 0. The van der Waals surface area contributed by atoms with Gasteiger partial charge in [0.05, 0.1) is 7.11 Å². The Morgan fingerprint density at radius 1 is 1.12 bits per heavy atom. The molecule has 0 amide bonds. The lowest BCUT2D eigenvalue weighted by molar-refractivity contribution is 0.414. The Balaban J connectivity index is 2.19. The van der Waals surface area contributed by atoms with Gasteiger partial charge in [0.25, 0.3) is 0 Å². The van der Waals surface area contributed by atoms with Crippen molar-refractivity contribution in [2.24, 2.45) is 0 Å². The SMILES string of the molecule is COc1ccc(Sc2ccc(I)cc2N)cc1. The van der Waals surface area contributed by atoms with E-state index >= 15 is 0 Å². The van der Waals surface area contributed by atoms with Crippen molar-refractivity contribution in [1.29, 1.82) is 0 Å². The number of anilines is 1. The number of hydrogen-bond acceptors (Lipinski definition) is 3. The van der Waals surface area contributed by atoms with Crippen LogP contribution in [-0.4, -0.2) is 7.11 Å². The molecule has 2 rings (SSSR count). The van der Waals surface area contributed by atoms with Crippen molar-refractivity contribution in [1.82, 2.24) is 0 Å². The molecule has 17 heavy (non-hydrogen) atoms. The molecule has 0 aliphatic rings. The van der Waals surface area contributed by atoms with Gasteiger partial charge in [-0.25, -0.2) is 0 Å². The molecular weight excluding hydrogens is 345 g/mol. The van der Waals surface area contributed by atoms with Gasteiger partial charge < -0.3 is 10.5 Å². The lowest BCUT2D eigenvalue weighted by Crippen LogP contribution is -1.89. The molecule has 0 aromatic heterocycles. The van der Waals surface area contributed by atoms with E-state index in [2.05, 4.69) is 28.7 Å². The van der Waals surface area contributed by atoms with E-state index in [4.69, 9.17) is 10.5 Å². The predicted octanol–water partition coefficient (Wildman–Crippen LogP) is 4.03. The van der Waals surface area contributed by atoms with Gasteiger partial charge >= 0.3 is 0 Å².